The Morgan fingerprint density at radius 2 is 1.82 bits per heavy atom. The van der Waals surface area contributed by atoms with Crippen LogP contribution >= 0.6 is 0 Å². The summed E-state index contributed by atoms with van der Waals surface area (Å²) in [6.07, 6.45) is 2.66. The van der Waals surface area contributed by atoms with E-state index in [9.17, 15) is 18.3 Å². The molecule has 0 aliphatic carbocycles. The lowest BCUT2D eigenvalue weighted by atomic mass is 9.85. The summed E-state index contributed by atoms with van der Waals surface area (Å²) >= 11 is 0. The van der Waals surface area contributed by atoms with Gasteiger partial charge in [0.1, 0.15) is 0 Å². The van der Waals surface area contributed by atoms with Crippen molar-refractivity contribution < 1.29 is 18.3 Å². The van der Waals surface area contributed by atoms with Crippen molar-refractivity contribution in [3.63, 3.8) is 0 Å². The van der Waals surface area contributed by atoms with E-state index in [1.807, 2.05) is 13.0 Å². The Hall–Kier alpha value is -1.66. The molecule has 0 saturated carbocycles. The largest absolute Gasteiger partial charge is 0.481 e. The van der Waals surface area contributed by atoms with Gasteiger partial charge in [-0.2, -0.15) is 4.31 Å². The zero-order valence-corrected chi connectivity index (χ0v) is 13.9. The summed E-state index contributed by atoms with van der Waals surface area (Å²) in [5.41, 5.74) is 0.728. The monoisotopic (exact) mass is 323 g/mol. The zero-order valence-electron chi connectivity index (χ0n) is 13.0. The lowest BCUT2D eigenvalue weighted by molar-refractivity contribution is -0.142. The molecule has 120 valence electrons. The molecule has 1 aromatic carbocycles. The molecule has 0 atom stereocenters. The lowest BCUT2D eigenvalue weighted by Crippen LogP contribution is -2.34. The standard InChI is InChI=1S/C16H21NO4S/c1-12-8-10-17(11-9-12)22(20,21)14-6-4-13(5-7-14)16(2,3)15(18)19/h4-8H,9-11H2,1-3H3,(H,18,19). The fraction of sp³-hybridized carbons (Fsp3) is 0.438. The molecule has 0 saturated heterocycles. The lowest BCUT2D eigenvalue weighted by Gasteiger charge is -2.25. The van der Waals surface area contributed by atoms with E-state index in [0.717, 1.165) is 6.42 Å². The van der Waals surface area contributed by atoms with E-state index in [4.69, 9.17) is 0 Å². The Labute approximate surface area is 131 Å². The molecule has 1 heterocycles. The minimum atomic E-state index is -3.53. The number of aliphatic carboxylic acids is 1. The van der Waals surface area contributed by atoms with Crippen LogP contribution in [-0.4, -0.2) is 36.9 Å². The van der Waals surface area contributed by atoms with Crippen molar-refractivity contribution in [1.29, 1.82) is 0 Å². The Balaban J connectivity index is 2.29. The smallest absolute Gasteiger partial charge is 0.313 e. The van der Waals surface area contributed by atoms with Crippen molar-refractivity contribution in [2.45, 2.75) is 37.5 Å². The second-order valence-corrected chi connectivity index (χ2v) is 8.06. The maximum atomic E-state index is 12.6. The highest BCUT2D eigenvalue weighted by molar-refractivity contribution is 7.89. The first-order valence-corrected chi connectivity index (χ1v) is 8.59. The number of carboxylic acid groups (broad SMARTS) is 1. The molecular weight excluding hydrogens is 302 g/mol. The van der Waals surface area contributed by atoms with Gasteiger partial charge in [-0.15, -0.1) is 0 Å². The molecule has 1 aromatic rings. The summed E-state index contributed by atoms with van der Waals surface area (Å²) in [6, 6.07) is 6.12. The second kappa shape index (κ2) is 5.85. The van der Waals surface area contributed by atoms with Gasteiger partial charge < -0.3 is 5.11 Å². The number of benzene rings is 1. The number of hydrogen-bond donors (Lipinski definition) is 1. The molecule has 0 spiro atoms. The van der Waals surface area contributed by atoms with E-state index >= 15 is 0 Å². The fourth-order valence-electron chi connectivity index (χ4n) is 2.29. The molecule has 0 unspecified atom stereocenters. The number of hydrogen-bond acceptors (Lipinski definition) is 3. The van der Waals surface area contributed by atoms with E-state index in [1.54, 1.807) is 26.0 Å². The predicted octanol–water partition coefficient (Wildman–Crippen LogP) is 2.39. The highest BCUT2D eigenvalue weighted by Gasteiger charge is 2.30. The minimum Gasteiger partial charge on any atom is -0.481 e. The first-order valence-electron chi connectivity index (χ1n) is 7.15. The normalized spacial score (nSPS) is 17.1. The van der Waals surface area contributed by atoms with Gasteiger partial charge in [-0.1, -0.05) is 23.8 Å². The third-order valence-corrected chi connectivity index (χ3v) is 6.03. The van der Waals surface area contributed by atoms with E-state index in [1.165, 1.54) is 22.0 Å². The van der Waals surface area contributed by atoms with Gasteiger partial charge in [-0.25, -0.2) is 8.42 Å². The number of carbonyl (C=O) groups is 1. The summed E-state index contributed by atoms with van der Waals surface area (Å²) < 4.78 is 26.6. The van der Waals surface area contributed by atoms with E-state index in [2.05, 4.69) is 0 Å². The van der Waals surface area contributed by atoms with Gasteiger partial charge in [0.05, 0.1) is 10.3 Å². The molecule has 1 N–H and O–H groups in total. The Morgan fingerprint density at radius 3 is 2.27 bits per heavy atom. The van der Waals surface area contributed by atoms with Crippen LogP contribution in [0.1, 0.15) is 32.8 Å². The molecule has 0 radical (unpaired) electrons. The van der Waals surface area contributed by atoms with Gasteiger partial charge in [0.15, 0.2) is 0 Å². The number of carboxylic acids is 1. The van der Waals surface area contributed by atoms with Crippen molar-refractivity contribution in [2.24, 2.45) is 0 Å². The number of nitrogens with zero attached hydrogens (tertiary/aromatic N) is 1. The van der Waals surface area contributed by atoms with Crippen LogP contribution in [0, 0.1) is 0 Å². The van der Waals surface area contributed by atoms with Crippen LogP contribution < -0.4 is 0 Å². The van der Waals surface area contributed by atoms with Gasteiger partial charge in [-0.05, 0) is 44.9 Å². The average molecular weight is 323 g/mol. The molecule has 0 aromatic heterocycles. The SMILES string of the molecule is CC1=CCN(S(=O)(=O)c2ccc(C(C)(C)C(=O)O)cc2)CC1. The second-order valence-electron chi connectivity index (χ2n) is 6.12. The molecule has 5 nitrogen and oxygen atoms in total. The topological polar surface area (TPSA) is 74.7 Å². The first-order chi connectivity index (χ1) is 10.2. The van der Waals surface area contributed by atoms with Crippen LogP contribution in [0.15, 0.2) is 40.8 Å². The molecular formula is C16H21NO4S. The minimum absolute atomic E-state index is 0.199. The summed E-state index contributed by atoms with van der Waals surface area (Å²) in [7, 11) is -3.53. The molecule has 22 heavy (non-hydrogen) atoms. The van der Waals surface area contributed by atoms with Crippen molar-refractivity contribution in [3.8, 4) is 0 Å². The number of sulfonamides is 1. The van der Waals surface area contributed by atoms with Gasteiger partial charge >= 0.3 is 5.97 Å². The Bertz CT molecular complexity index is 702. The summed E-state index contributed by atoms with van der Waals surface area (Å²) in [6.45, 7) is 6.05. The van der Waals surface area contributed by atoms with Gasteiger partial charge in [0.25, 0.3) is 0 Å². The van der Waals surface area contributed by atoms with Crippen LogP contribution in [0.25, 0.3) is 0 Å². The van der Waals surface area contributed by atoms with Crippen LogP contribution in [-0.2, 0) is 20.2 Å². The zero-order chi connectivity index (χ0) is 16.5. The third kappa shape index (κ3) is 3.08. The Morgan fingerprint density at radius 1 is 1.23 bits per heavy atom. The average Bonchev–Trinajstić information content (AvgIpc) is 2.47. The maximum absolute atomic E-state index is 12.6. The summed E-state index contributed by atoms with van der Waals surface area (Å²) in [5.74, 6) is -0.945. The third-order valence-electron chi connectivity index (χ3n) is 4.15. The van der Waals surface area contributed by atoms with Gasteiger partial charge in [0.2, 0.25) is 10.0 Å². The number of rotatable bonds is 4. The molecule has 2 rings (SSSR count). The Kier molecular flexibility index (Phi) is 4.44. The van der Waals surface area contributed by atoms with Crippen LogP contribution in [0.2, 0.25) is 0 Å². The molecule has 0 amide bonds. The van der Waals surface area contributed by atoms with Crippen LogP contribution in [0.4, 0.5) is 0 Å². The highest BCUT2D eigenvalue weighted by Crippen LogP contribution is 2.26. The summed E-state index contributed by atoms with van der Waals surface area (Å²) in [4.78, 5) is 11.4. The quantitative estimate of drug-likeness (QED) is 0.863. The van der Waals surface area contributed by atoms with Crippen LogP contribution in [0.5, 0.6) is 0 Å². The van der Waals surface area contributed by atoms with Gasteiger partial charge in [0, 0.05) is 13.1 Å². The van der Waals surface area contributed by atoms with E-state index in [-0.39, 0.29) is 4.90 Å². The van der Waals surface area contributed by atoms with E-state index < -0.39 is 21.4 Å². The predicted molar refractivity (Wildman–Crippen MR) is 84.2 cm³/mol. The van der Waals surface area contributed by atoms with Gasteiger partial charge in [-0.3, -0.25) is 4.79 Å². The molecule has 0 fully saturated rings. The first kappa shape index (κ1) is 16.7. The van der Waals surface area contributed by atoms with Crippen molar-refractivity contribution in [2.75, 3.05) is 13.1 Å². The maximum Gasteiger partial charge on any atom is 0.313 e. The molecule has 6 heteroatoms. The van der Waals surface area contributed by atoms with Crippen molar-refractivity contribution in [3.05, 3.63) is 41.5 Å². The molecule has 1 aliphatic rings. The summed E-state index contributed by atoms with van der Waals surface area (Å²) in [5, 5.41) is 9.22. The van der Waals surface area contributed by atoms with Crippen molar-refractivity contribution >= 4 is 16.0 Å². The highest BCUT2D eigenvalue weighted by atomic mass is 32.2. The molecule has 1 aliphatic heterocycles. The fourth-order valence-corrected chi connectivity index (χ4v) is 3.67. The van der Waals surface area contributed by atoms with Crippen molar-refractivity contribution in [1.82, 2.24) is 4.31 Å². The molecule has 0 bridgehead atoms. The van der Waals surface area contributed by atoms with E-state index in [0.29, 0.717) is 18.7 Å². The van der Waals surface area contributed by atoms with Crippen LogP contribution in [0.3, 0.4) is 0 Å².